The zero-order valence-corrected chi connectivity index (χ0v) is 18.6. The Morgan fingerprint density at radius 1 is 1.10 bits per heavy atom. The number of sulfonamides is 1. The molecule has 0 spiro atoms. The Morgan fingerprint density at radius 3 is 2.21 bits per heavy atom. The summed E-state index contributed by atoms with van der Waals surface area (Å²) in [6.45, 7) is 9.44. The lowest BCUT2D eigenvalue weighted by molar-refractivity contribution is -0.0595. The highest BCUT2D eigenvalue weighted by atomic mass is 32.2. The van der Waals surface area contributed by atoms with Gasteiger partial charge in [0.25, 0.3) is 0 Å². The Bertz CT molecular complexity index is 817. The van der Waals surface area contributed by atoms with Gasteiger partial charge >= 0.3 is 6.03 Å². The number of amides is 2. The van der Waals surface area contributed by atoms with Gasteiger partial charge in [-0.1, -0.05) is 13.8 Å². The first-order valence-electron chi connectivity index (χ1n) is 10.0. The van der Waals surface area contributed by atoms with Gasteiger partial charge in [-0.3, -0.25) is 0 Å². The summed E-state index contributed by atoms with van der Waals surface area (Å²) in [5.41, 5.74) is 0. The second kappa shape index (κ2) is 8.49. The number of nitrogens with zero attached hydrogens (tertiary/aromatic N) is 3. The van der Waals surface area contributed by atoms with Crippen molar-refractivity contribution in [1.82, 2.24) is 14.1 Å². The van der Waals surface area contributed by atoms with Gasteiger partial charge in [-0.05, 0) is 44.0 Å². The molecule has 0 aromatic heterocycles. The second-order valence-corrected chi connectivity index (χ2v) is 9.98. The number of benzene rings is 1. The first kappa shape index (κ1) is 21.9. The predicted octanol–water partition coefficient (Wildman–Crippen LogP) is 2.21. The molecule has 2 saturated heterocycles. The third kappa shape index (κ3) is 4.36. The standard InChI is InChI=1S/C20H31N3O5S/c1-14(2)19-22(20(24)21-12-15(3)28-16(4)13-21)10-11-23(19)29(25,26)18-8-6-17(27-5)7-9-18/h6-9,14-16,19H,10-13H2,1-5H3/t15-,16-,19-/m0/s1. The lowest BCUT2D eigenvalue weighted by atomic mass is 10.1. The van der Waals surface area contributed by atoms with Gasteiger partial charge in [0.1, 0.15) is 11.9 Å². The van der Waals surface area contributed by atoms with Crippen LogP contribution in [0.2, 0.25) is 0 Å². The molecule has 2 amide bonds. The summed E-state index contributed by atoms with van der Waals surface area (Å²) in [7, 11) is -2.20. The van der Waals surface area contributed by atoms with Crippen molar-refractivity contribution in [2.24, 2.45) is 5.92 Å². The maximum absolute atomic E-state index is 13.3. The molecule has 0 N–H and O–H groups in total. The number of ether oxygens (including phenoxy) is 2. The SMILES string of the molecule is COc1ccc(S(=O)(=O)N2CCN(C(=O)N3C[C@H](C)O[C@@H](C)C3)[C@@H]2C(C)C)cc1. The second-order valence-electron chi connectivity index (χ2n) is 8.09. The summed E-state index contributed by atoms with van der Waals surface area (Å²) >= 11 is 0. The van der Waals surface area contributed by atoms with E-state index < -0.39 is 16.2 Å². The van der Waals surface area contributed by atoms with Crippen LogP contribution < -0.4 is 4.74 Å². The van der Waals surface area contributed by atoms with E-state index in [1.54, 1.807) is 34.1 Å². The predicted molar refractivity (Wildman–Crippen MR) is 109 cm³/mol. The summed E-state index contributed by atoms with van der Waals surface area (Å²) in [6, 6.07) is 6.22. The van der Waals surface area contributed by atoms with E-state index >= 15 is 0 Å². The zero-order valence-electron chi connectivity index (χ0n) is 17.7. The summed E-state index contributed by atoms with van der Waals surface area (Å²) in [6.07, 6.45) is -0.605. The number of carbonyl (C=O) groups is 1. The van der Waals surface area contributed by atoms with Gasteiger partial charge in [0.15, 0.2) is 0 Å². The van der Waals surface area contributed by atoms with Gasteiger partial charge < -0.3 is 19.3 Å². The molecule has 162 valence electrons. The first-order valence-corrected chi connectivity index (χ1v) is 11.5. The molecule has 0 saturated carbocycles. The molecule has 0 bridgehead atoms. The minimum absolute atomic E-state index is 0.0399. The molecule has 0 aliphatic carbocycles. The number of morpholine rings is 1. The van der Waals surface area contributed by atoms with Crippen molar-refractivity contribution in [1.29, 1.82) is 0 Å². The summed E-state index contributed by atoms with van der Waals surface area (Å²) in [4.78, 5) is 16.9. The number of rotatable bonds is 4. The van der Waals surface area contributed by atoms with Crippen LogP contribution in [0.15, 0.2) is 29.2 Å². The Morgan fingerprint density at radius 2 is 1.69 bits per heavy atom. The van der Waals surface area contributed by atoms with Crippen molar-refractivity contribution in [2.45, 2.75) is 51.0 Å². The molecule has 2 heterocycles. The number of carbonyl (C=O) groups excluding carboxylic acids is 1. The highest BCUT2D eigenvalue weighted by Gasteiger charge is 2.45. The molecule has 0 radical (unpaired) electrons. The molecule has 3 atom stereocenters. The zero-order chi connectivity index (χ0) is 21.3. The average molecular weight is 426 g/mol. The Labute approximate surface area is 173 Å². The van der Waals surface area contributed by atoms with Gasteiger partial charge in [-0.2, -0.15) is 4.31 Å². The Hall–Kier alpha value is -1.84. The van der Waals surface area contributed by atoms with Gasteiger partial charge in [0.05, 0.1) is 24.2 Å². The Balaban J connectivity index is 1.85. The highest BCUT2D eigenvalue weighted by molar-refractivity contribution is 7.89. The van der Waals surface area contributed by atoms with Crippen LogP contribution in [0.3, 0.4) is 0 Å². The summed E-state index contributed by atoms with van der Waals surface area (Å²) in [5.74, 6) is 0.545. The average Bonchev–Trinajstić information content (AvgIpc) is 3.13. The van der Waals surface area contributed by atoms with E-state index in [-0.39, 0.29) is 35.6 Å². The van der Waals surface area contributed by atoms with E-state index in [1.807, 2.05) is 27.7 Å². The molecule has 9 heteroatoms. The summed E-state index contributed by atoms with van der Waals surface area (Å²) < 4.78 is 38.9. The molecule has 1 aromatic rings. The molecule has 3 rings (SSSR count). The van der Waals surface area contributed by atoms with Crippen LogP contribution in [0.1, 0.15) is 27.7 Å². The third-order valence-corrected chi connectivity index (χ3v) is 7.26. The monoisotopic (exact) mass is 425 g/mol. The van der Waals surface area contributed by atoms with Crippen molar-refractivity contribution in [2.75, 3.05) is 33.3 Å². The van der Waals surface area contributed by atoms with E-state index in [0.29, 0.717) is 25.4 Å². The number of hydrogen-bond donors (Lipinski definition) is 0. The molecule has 2 aliphatic rings. The van der Waals surface area contributed by atoms with E-state index in [0.717, 1.165) is 0 Å². The van der Waals surface area contributed by atoms with Crippen LogP contribution in [-0.2, 0) is 14.8 Å². The van der Waals surface area contributed by atoms with Gasteiger partial charge in [-0.15, -0.1) is 0 Å². The number of urea groups is 1. The normalized spacial score (nSPS) is 26.2. The fourth-order valence-corrected chi connectivity index (χ4v) is 5.90. The topological polar surface area (TPSA) is 79.4 Å². The van der Waals surface area contributed by atoms with Crippen LogP contribution in [0, 0.1) is 5.92 Å². The van der Waals surface area contributed by atoms with Crippen LogP contribution >= 0.6 is 0 Å². The van der Waals surface area contributed by atoms with Gasteiger partial charge in [0, 0.05) is 26.2 Å². The lowest BCUT2D eigenvalue weighted by Gasteiger charge is -2.40. The van der Waals surface area contributed by atoms with Crippen molar-refractivity contribution in [3.8, 4) is 5.75 Å². The molecular weight excluding hydrogens is 394 g/mol. The maximum Gasteiger partial charge on any atom is 0.321 e. The smallest absolute Gasteiger partial charge is 0.321 e. The van der Waals surface area contributed by atoms with Crippen LogP contribution in [0.5, 0.6) is 5.75 Å². The molecule has 8 nitrogen and oxygen atoms in total. The lowest BCUT2D eigenvalue weighted by Crippen LogP contribution is -2.56. The van der Waals surface area contributed by atoms with Crippen molar-refractivity contribution < 1.29 is 22.7 Å². The third-order valence-electron chi connectivity index (χ3n) is 5.37. The van der Waals surface area contributed by atoms with E-state index in [4.69, 9.17) is 9.47 Å². The quantitative estimate of drug-likeness (QED) is 0.739. The van der Waals surface area contributed by atoms with Crippen LogP contribution in [0.25, 0.3) is 0 Å². The van der Waals surface area contributed by atoms with Crippen molar-refractivity contribution in [3.05, 3.63) is 24.3 Å². The first-order chi connectivity index (χ1) is 13.6. The van der Waals surface area contributed by atoms with Gasteiger partial charge in [0.2, 0.25) is 10.0 Å². The van der Waals surface area contributed by atoms with E-state index in [1.165, 1.54) is 11.4 Å². The molecule has 29 heavy (non-hydrogen) atoms. The molecule has 0 unspecified atom stereocenters. The fourth-order valence-electron chi connectivity index (χ4n) is 4.19. The van der Waals surface area contributed by atoms with E-state index in [2.05, 4.69) is 0 Å². The van der Waals surface area contributed by atoms with Crippen LogP contribution in [-0.4, -0.2) is 80.2 Å². The highest BCUT2D eigenvalue weighted by Crippen LogP contribution is 2.30. The molecule has 2 fully saturated rings. The van der Waals surface area contributed by atoms with Crippen molar-refractivity contribution in [3.63, 3.8) is 0 Å². The Kier molecular flexibility index (Phi) is 6.40. The minimum Gasteiger partial charge on any atom is -0.497 e. The fraction of sp³-hybridized carbons (Fsp3) is 0.650. The molecular formula is C20H31N3O5S. The summed E-state index contributed by atoms with van der Waals surface area (Å²) in [5, 5.41) is 0. The number of methoxy groups -OCH3 is 1. The van der Waals surface area contributed by atoms with E-state index in [9.17, 15) is 13.2 Å². The minimum atomic E-state index is -3.74. The van der Waals surface area contributed by atoms with Crippen LogP contribution in [0.4, 0.5) is 4.79 Å². The largest absolute Gasteiger partial charge is 0.497 e. The molecule has 2 aliphatic heterocycles. The molecule has 1 aromatic carbocycles. The van der Waals surface area contributed by atoms with Crippen molar-refractivity contribution >= 4 is 16.1 Å². The number of hydrogen-bond acceptors (Lipinski definition) is 5. The van der Waals surface area contributed by atoms with Gasteiger partial charge in [-0.25, -0.2) is 13.2 Å². The maximum atomic E-state index is 13.3.